The molecule has 234 valence electrons. The Kier molecular flexibility index (Phi) is 8.99. The van der Waals surface area contributed by atoms with E-state index in [1.54, 1.807) is 22.2 Å². The molecule has 0 aliphatic carbocycles. The van der Waals surface area contributed by atoms with Crippen molar-refractivity contribution in [1.29, 1.82) is 0 Å². The second-order valence-corrected chi connectivity index (χ2v) is 13.4. The molecule has 0 spiro atoms. The third kappa shape index (κ3) is 7.98. The van der Waals surface area contributed by atoms with Crippen LogP contribution in [-0.2, 0) is 9.47 Å². The summed E-state index contributed by atoms with van der Waals surface area (Å²) in [5, 5.41) is 0. The summed E-state index contributed by atoms with van der Waals surface area (Å²) in [7, 11) is 0. The fourth-order valence-electron chi connectivity index (χ4n) is 5.48. The van der Waals surface area contributed by atoms with Crippen LogP contribution in [0.2, 0.25) is 0 Å². The number of carbonyl (C=O) groups is 2. The number of aromatic amines is 2. The fourth-order valence-corrected chi connectivity index (χ4v) is 5.48. The molecule has 5 rings (SSSR count). The molecule has 2 saturated heterocycles. The first-order valence-electron chi connectivity index (χ1n) is 15.4. The van der Waals surface area contributed by atoms with Crippen LogP contribution in [0.1, 0.15) is 113 Å². The summed E-state index contributed by atoms with van der Waals surface area (Å²) in [5.41, 5.74) is 2.81. The smallest absolute Gasteiger partial charge is 0.410 e. The zero-order chi connectivity index (χ0) is 31.5. The summed E-state index contributed by atoms with van der Waals surface area (Å²) in [4.78, 5) is 44.7. The molecule has 3 aromatic rings. The molecule has 2 amide bonds. The largest absolute Gasteiger partial charge is 0.444 e. The van der Waals surface area contributed by atoms with E-state index < -0.39 is 11.2 Å². The third-order valence-corrected chi connectivity index (χ3v) is 7.47. The van der Waals surface area contributed by atoms with Gasteiger partial charge in [-0.3, -0.25) is 9.80 Å². The second-order valence-electron chi connectivity index (χ2n) is 13.4. The van der Waals surface area contributed by atoms with Crippen molar-refractivity contribution in [3.8, 4) is 0 Å². The van der Waals surface area contributed by atoms with E-state index >= 15 is 0 Å². The normalized spacial score (nSPS) is 19.4. The topological polar surface area (TPSA) is 116 Å². The van der Waals surface area contributed by atoms with Gasteiger partial charge in [-0.25, -0.2) is 19.6 Å². The predicted octanol–water partition coefficient (Wildman–Crippen LogP) is 7.62. The van der Waals surface area contributed by atoms with E-state index in [-0.39, 0.29) is 24.3 Å². The van der Waals surface area contributed by atoms with Crippen LogP contribution < -0.4 is 0 Å². The quantitative estimate of drug-likeness (QED) is 0.301. The van der Waals surface area contributed by atoms with Crippen molar-refractivity contribution in [2.75, 3.05) is 13.1 Å². The van der Waals surface area contributed by atoms with Gasteiger partial charge in [0.25, 0.3) is 0 Å². The molecule has 2 fully saturated rings. The van der Waals surface area contributed by atoms with E-state index in [0.29, 0.717) is 13.1 Å². The Bertz CT molecular complexity index is 1390. The summed E-state index contributed by atoms with van der Waals surface area (Å²) < 4.78 is 11.2. The minimum absolute atomic E-state index is 0.105. The van der Waals surface area contributed by atoms with Crippen LogP contribution in [0, 0.1) is 0 Å². The molecular weight excluding hydrogens is 556 g/mol. The fraction of sp³-hybridized carbons (Fsp3) is 0.471. The molecule has 2 N–H and O–H groups in total. The van der Waals surface area contributed by atoms with Gasteiger partial charge < -0.3 is 19.4 Å². The van der Waals surface area contributed by atoms with Crippen LogP contribution >= 0.6 is 0 Å². The Morgan fingerprint density at radius 2 is 1.09 bits per heavy atom. The number of aromatic nitrogens is 4. The molecule has 0 radical (unpaired) electrons. The van der Waals surface area contributed by atoms with Gasteiger partial charge in [0.1, 0.15) is 22.9 Å². The highest BCUT2D eigenvalue weighted by molar-refractivity contribution is 5.72. The standard InChI is InChI=1S/C34H44N6O4/c1-33(2,3)43-31(41)39-19-7-9-27(39)29-35-21-25(37-29)17-15-23-11-13-24(14-12-23)16-18-26-22-36-30(38-26)28-10-8-20-40(28)32(42)44-34(4,5)6/h11-18,21-22,27-28H,7-10,19-20H2,1-6H3,(H,35,37)(H,36,38)/b17-15+,18-16+/t27-,28?/m0/s1. The van der Waals surface area contributed by atoms with Gasteiger partial charge in [-0.15, -0.1) is 0 Å². The van der Waals surface area contributed by atoms with Crippen molar-refractivity contribution < 1.29 is 19.1 Å². The van der Waals surface area contributed by atoms with Gasteiger partial charge in [0, 0.05) is 13.1 Å². The second kappa shape index (κ2) is 12.7. The maximum Gasteiger partial charge on any atom is 0.410 e. The number of likely N-dealkylation sites (tertiary alicyclic amines) is 2. The maximum atomic E-state index is 12.7. The van der Waals surface area contributed by atoms with E-state index in [2.05, 4.69) is 44.2 Å². The molecule has 2 aliphatic heterocycles. The number of imidazole rings is 2. The van der Waals surface area contributed by atoms with Gasteiger partial charge in [0.2, 0.25) is 0 Å². The predicted molar refractivity (Wildman–Crippen MR) is 171 cm³/mol. The van der Waals surface area contributed by atoms with Crippen molar-refractivity contribution in [3.63, 3.8) is 0 Å². The number of nitrogens with one attached hydrogen (secondary N) is 2. The number of nitrogens with zero attached hydrogens (tertiary/aromatic N) is 4. The molecular formula is C34H44N6O4. The Hall–Kier alpha value is -4.34. The number of carbonyl (C=O) groups excluding carboxylic acids is 2. The molecule has 1 aromatic carbocycles. The molecule has 10 heteroatoms. The molecule has 4 heterocycles. The Morgan fingerprint density at radius 1 is 0.705 bits per heavy atom. The average molecular weight is 601 g/mol. The third-order valence-electron chi connectivity index (χ3n) is 7.47. The number of amides is 2. The van der Waals surface area contributed by atoms with Gasteiger partial charge in [0.15, 0.2) is 0 Å². The first-order valence-corrected chi connectivity index (χ1v) is 15.4. The monoisotopic (exact) mass is 600 g/mol. The molecule has 2 atom stereocenters. The van der Waals surface area contributed by atoms with E-state index in [0.717, 1.165) is 59.8 Å². The van der Waals surface area contributed by atoms with Crippen LogP contribution in [0.5, 0.6) is 0 Å². The van der Waals surface area contributed by atoms with Gasteiger partial charge in [-0.05, 0) is 90.5 Å². The summed E-state index contributed by atoms with van der Waals surface area (Å²) in [5.74, 6) is 1.56. The van der Waals surface area contributed by atoms with Crippen LogP contribution in [-0.4, -0.2) is 66.2 Å². The minimum atomic E-state index is -0.530. The van der Waals surface area contributed by atoms with Gasteiger partial charge >= 0.3 is 12.2 Å². The average Bonchev–Trinajstić information content (AvgIpc) is 3.75. The summed E-state index contributed by atoms with van der Waals surface area (Å²) in [6, 6.07) is 8.03. The molecule has 44 heavy (non-hydrogen) atoms. The lowest BCUT2D eigenvalue weighted by molar-refractivity contribution is 0.0208. The molecule has 0 bridgehead atoms. The van der Waals surface area contributed by atoms with Gasteiger partial charge in [-0.2, -0.15) is 0 Å². The molecule has 2 aromatic heterocycles. The molecule has 1 unspecified atom stereocenters. The lowest BCUT2D eigenvalue weighted by atomic mass is 10.1. The lowest BCUT2D eigenvalue weighted by Crippen LogP contribution is -2.36. The number of hydrogen-bond acceptors (Lipinski definition) is 6. The Labute approximate surface area is 259 Å². The van der Waals surface area contributed by atoms with Crippen LogP contribution in [0.15, 0.2) is 36.7 Å². The SMILES string of the molecule is CC(C)(C)OC(=O)N1CCCC1c1ncc(/C=C/c2ccc(/C=C/c3cnc([C@@H]4CCCN4C(=O)OC(C)(C)C)[nH]3)cc2)[nH]1. The van der Waals surface area contributed by atoms with Crippen molar-refractivity contribution in [2.24, 2.45) is 0 Å². The number of hydrogen-bond donors (Lipinski definition) is 2. The highest BCUT2D eigenvalue weighted by atomic mass is 16.6. The number of rotatable bonds is 6. The minimum Gasteiger partial charge on any atom is -0.444 e. The molecule has 2 aliphatic rings. The summed E-state index contributed by atoms with van der Waals surface area (Å²) >= 11 is 0. The lowest BCUT2D eigenvalue weighted by Gasteiger charge is -2.27. The molecule has 0 saturated carbocycles. The number of H-pyrrole nitrogens is 2. The zero-order valence-electron chi connectivity index (χ0n) is 26.6. The Balaban J connectivity index is 1.17. The first-order chi connectivity index (χ1) is 20.8. The zero-order valence-corrected chi connectivity index (χ0v) is 26.6. The van der Waals surface area contributed by atoms with Gasteiger partial charge in [-0.1, -0.05) is 36.4 Å². The van der Waals surface area contributed by atoms with Crippen molar-refractivity contribution in [1.82, 2.24) is 29.7 Å². The van der Waals surface area contributed by atoms with Gasteiger partial charge in [0.05, 0.1) is 35.9 Å². The maximum absolute atomic E-state index is 12.7. The highest BCUT2D eigenvalue weighted by Gasteiger charge is 2.36. The van der Waals surface area contributed by atoms with E-state index in [1.165, 1.54) is 0 Å². The van der Waals surface area contributed by atoms with Crippen LogP contribution in [0.3, 0.4) is 0 Å². The van der Waals surface area contributed by atoms with Crippen molar-refractivity contribution >= 4 is 36.5 Å². The highest BCUT2D eigenvalue weighted by Crippen LogP contribution is 2.33. The number of benzene rings is 1. The van der Waals surface area contributed by atoms with E-state index in [4.69, 9.17) is 9.47 Å². The first kappa shape index (κ1) is 31.1. The van der Waals surface area contributed by atoms with Crippen LogP contribution in [0.4, 0.5) is 9.59 Å². The Morgan fingerprint density at radius 3 is 1.45 bits per heavy atom. The number of ether oxygens (including phenoxy) is 2. The van der Waals surface area contributed by atoms with Crippen molar-refractivity contribution in [3.05, 3.63) is 70.8 Å². The molecule has 10 nitrogen and oxygen atoms in total. The van der Waals surface area contributed by atoms with E-state index in [9.17, 15) is 9.59 Å². The summed E-state index contributed by atoms with van der Waals surface area (Å²) in [6.45, 7) is 12.6. The van der Waals surface area contributed by atoms with Crippen LogP contribution in [0.25, 0.3) is 24.3 Å². The van der Waals surface area contributed by atoms with Crippen molar-refractivity contribution in [2.45, 2.75) is 90.5 Å². The summed E-state index contributed by atoms with van der Waals surface area (Å²) in [6.07, 6.45) is 14.6. The van der Waals surface area contributed by atoms with E-state index in [1.807, 2.05) is 65.8 Å².